The molecule has 3 aromatic rings. The molecule has 0 saturated carbocycles. The molecule has 1 saturated heterocycles. The number of para-hydroxylation sites is 1. The predicted molar refractivity (Wildman–Crippen MR) is 112 cm³/mol. The molecule has 1 fully saturated rings. The van der Waals surface area contributed by atoms with Crippen LogP contribution in [0.1, 0.15) is 9.88 Å². The molecule has 1 aliphatic rings. The SMILES string of the molecule is Cc1nc(-c2cc(S(=O)(=O)N3CCN(c4ccccc4F)CC3)c(C)s2)cs1. The summed E-state index contributed by atoms with van der Waals surface area (Å²) in [6, 6.07) is 8.32. The average molecular weight is 438 g/mol. The number of sulfonamides is 1. The topological polar surface area (TPSA) is 53.5 Å². The van der Waals surface area contributed by atoms with Gasteiger partial charge in [0.05, 0.1) is 26.2 Å². The van der Waals surface area contributed by atoms with E-state index < -0.39 is 10.0 Å². The van der Waals surface area contributed by atoms with E-state index in [4.69, 9.17) is 0 Å². The van der Waals surface area contributed by atoms with E-state index in [1.807, 2.05) is 24.1 Å². The highest BCUT2D eigenvalue weighted by molar-refractivity contribution is 7.89. The summed E-state index contributed by atoms with van der Waals surface area (Å²) in [4.78, 5) is 8.33. The number of halogens is 1. The van der Waals surface area contributed by atoms with Crippen LogP contribution in [0, 0.1) is 19.7 Å². The summed E-state index contributed by atoms with van der Waals surface area (Å²) in [6.07, 6.45) is 0. The minimum absolute atomic E-state index is 0.282. The molecule has 0 bridgehead atoms. The van der Waals surface area contributed by atoms with Gasteiger partial charge < -0.3 is 4.90 Å². The van der Waals surface area contributed by atoms with E-state index in [0.29, 0.717) is 36.8 Å². The van der Waals surface area contributed by atoms with Gasteiger partial charge in [0.1, 0.15) is 5.82 Å². The normalized spacial score (nSPS) is 15.9. The third-order valence-electron chi connectivity index (χ3n) is 4.79. The van der Waals surface area contributed by atoms with E-state index in [9.17, 15) is 12.8 Å². The molecule has 148 valence electrons. The van der Waals surface area contributed by atoms with Crippen molar-refractivity contribution in [3.05, 3.63) is 51.4 Å². The zero-order valence-electron chi connectivity index (χ0n) is 15.6. The molecule has 0 amide bonds. The summed E-state index contributed by atoms with van der Waals surface area (Å²) in [5, 5.41) is 2.90. The molecular formula is C19H20FN3O2S3. The Hall–Kier alpha value is -1.81. The monoisotopic (exact) mass is 437 g/mol. The molecule has 5 nitrogen and oxygen atoms in total. The Morgan fingerprint density at radius 2 is 1.82 bits per heavy atom. The largest absolute Gasteiger partial charge is 0.367 e. The number of thiazole rings is 1. The Kier molecular flexibility index (Phi) is 5.26. The molecule has 0 aliphatic carbocycles. The van der Waals surface area contributed by atoms with Crippen molar-refractivity contribution in [3.63, 3.8) is 0 Å². The molecule has 9 heteroatoms. The maximum Gasteiger partial charge on any atom is 0.244 e. The molecule has 0 spiro atoms. The van der Waals surface area contributed by atoms with Crippen LogP contribution < -0.4 is 4.90 Å². The third kappa shape index (κ3) is 3.59. The fraction of sp³-hybridized carbons (Fsp3) is 0.316. The van der Waals surface area contributed by atoms with Crippen molar-refractivity contribution >= 4 is 38.4 Å². The number of rotatable bonds is 4. The van der Waals surface area contributed by atoms with Gasteiger partial charge >= 0.3 is 0 Å². The first-order valence-corrected chi connectivity index (χ1v) is 12.0. The van der Waals surface area contributed by atoms with E-state index in [0.717, 1.165) is 20.5 Å². The van der Waals surface area contributed by atoms with Crippen molar-refractivity contribution < 1.29 is 12.8 Å². The number of hydrogen-bond acceptors (Lipinski definition) is 6. The van der Waals surface area contributed by atoms with Gasteiger partial charge in [-0.05, 0) is 32.0 Å². The fourth-order valence-corrected chi connectivity index (χ4v) is 6.97. The Balaban J connectivity index is 1.54. The lowest BCUT2D eigenvalue weighted by Crippen LogP contribution is -2.48. The number of benzene rings is 1. The number of anilines is 1. The van der Waals surface area contributed by atoms with Crippen LogP contribution in [0.5, 0.6) is 0 Å². The summed E-state index contributed by atoms with van der Waals surface area (Å²) in [5.41, 5.74) is 1.34. The molecule has 28 heavy (non-hydrogen) atoms. The minimum Gasteiger partial charge on any atom is -0.367 e. The first-order valence-electron chi connectivity index (χ1n) is 8.89. The van der Waals surface area contributed by atoms with Crippen LogP contribution in [0.3, 0.4) is 0 Å². The summed E-state index contributed by atoms with van der Waals surface area (Å²) in [6.45, 7) is 5.34. The van der Waals surface area contributed by atoms with Gasteiger partial charge in [0.2, 0.25) is 10.0 Å². The molecule has 3 heterocycles. The standard InChI is InChI=1S/C19H20FN3O2S3/c1-13-19(11-18(27-13)16-12-26-14(2)21-16)28(24,25)23-9-7-22(8-10-23)17-6-4-3-5-15(17)20/h3-6,11-12H,7-10H2,1-2H3. The first kappa shape index (κ1) is 19.5. The molecule has 0 atom stereocenters. The molecule has 0 radical (unpaired) electrons. The Morgan fingerprint density at radius 3 is 2.46 bits per heavy atom. The van der Waals surface area contributed by atoms with Crippen LogP contribution in [0.4, 0.5) is 10.1 Å². The highest BCUT2D eigenvalue weighted by Gasteiger charge is 2.31. The summed E-state index contributed by atoms with van der Waals surface area (Å²) in [7, 11) is -3.59. The van der Waals surface area contributed by atoms with E-state index in [1.165, 1.54) is 21.7 Å². The smallest absolute Gasteiger partial charge is 0.244 e. The summed E-state index contributed by atoms with van der Waals surface area (Å²) in [5.74, 6) is -0.282. The predicted octanol–water partition coefficient (Wildman–Crippen LogP) is 4.14. The second kappa shape index (κ2) is 7.55. The lowest BCUT2D eigenvalue weighted by Gasteiger charge is -2.35. The van der Waals surface area contributed by atoms with Crippen molar-refractivity contribution in [2.24, 2.45) is 0 Å². The maximum absolute atomic E-state index is 14.0. The highest BCUT2D eigenvalue weighted by atomic mass is 32.2. The Labute approximate surface area is 172 Å². The van der Waals surface area contributed by atoms with Crippen LogP contribution in [-0.2, 0) is 10.0 Å². The molecule has 1 aromatic carbocycles. The van der Waals surface area contributed by atoms with Gasteiger partial charge in [0, 0.05) is 36.4 Å². The van der Waals surface area contributed by atoms with Crippen molar-refractivity contribution in [3.8, 4) is 10.6 Å². The molecular weight excluding hydrogens is 417 g/mol. The van der Waals surface area contributed by atoms with E-state index in [1.54, 1.807) is 35.6 Å². The van der Waals surface area contributed by atoms with Crippen molar-refractivity contribution in [1.29, 1.82) is 0 Å². The van der Waals surface area contributed by atoms with Crippen LogP contribution >= 0.6 is 22.7 Å². The molecule has 1 aliphatic heterocycles. The van der Waals surface area contributed by atoms with E-state index >= 15 is 0 Å². The number of nitrogens with zero attached hydrogens (tertiary/aromatic N) is 3. The quantitative estimate of drug-likeness (QED) is 0.616. The molecule has 2 aromatic heterocycles. The van der Waals surface area contributed by atoms with E-state index in [-0.39, 0.29) is 5.82 Å². The number of hydrogen-bond donors (Lipinski definition) is 0. The maximum atomic E-state index is 14.0. The number of aryl methyl sites for hydroxylation is 2. The van der Waals surface area contributed by atoms with Crippen LogP contribution in [0.25, 0.3) is 10.6 Å². The molecule has 0 unspecified atom stereocenters. The van der Waals surface area contributed by atoms with E-state index in [2.05, 4.69) is 4.98 Å². The second-order valence-corrected chi connectivity index (χ2v) is 10.9. The molecule has 4 rings (SSSR count). The Morgan fingerprint density at radius 1 is 1.11 bits per heavy atom. The highest BCUT2D eigenvalue weighted by Crippen LogP contribution is 2.35. The van der Waals surface area contributed by atoms with Gasteiger partial charge in [0.25, 0.3) is 0 Å². The lowest BCUT2D eigenvalue weighted by atomic mass is 10.2. The van der Waals surface area contributed by atoms with Gasteiger partial charge in [-0.2, -0.15) is 4.31 Å². The van der Waals surface area contributed by atoms with Gasteiger partial charge in [-0.25, -0.2) is 17.8 Å². The average Bonchev–Trinajstić information content (AvgIpc) is 3.28. The third-order valence-corrected chi connectivity index (χ3v) is 8.79. The second-order valence-electron chi connectivity index (χ2n) is 6.63. The van der Waals surface area contributed by atoms with Gasteiger partial charge in [-0.3, -0.25) is 0 Å². The zero-order valence-corrected chi connectivity index (χ0v) is 18.0. The van der Waals surface area contributed by atoms with Crippen molar-refractivity contribution in [1.82, 2.24) is 9.29 Å². The van der Waals surface area contributed by atoms with Crippen LogP contribution in [0.2, 0.25) is 0 Å². The van der Waals surface area contributed by atoms with Gasteiger partial charge in [-0.15, -0.1) is 22.7 Å². The number of thiophene rings is 1. The minimum atomic E-state index is -3.59. The van der Waals surface area contributed by atoms with Crippen LogP contribution in [-0.4, -0.2) is 43.9 Å². The van der Waals surface area contributed by atoms with Crippen molar-refractivity contribution in [2.45, 2.75) is 18.7 Å². The van der Waals surface area contributed by atoms with Gasteiger partial charge in [0.15, 0.2) is 0 Å². The first-order chi connectivity index (χ1) is 13.4. The lowest BCUT2D eigenvalue weighted by molar-refractivity contribution is 0.383. The zero-order chi connectivity index (χ0) is 19.9. The summed E-state index contributed by atoms with van der Waals surface area (Å²) < 4.78 is 41.9. The van der Waals surface area contributed by atoms with Crippen molar-refractivity contribution in [2.75, 3.05) is 31.1 Å². The Bertz CT molecular complexity index is 1100. The van der Waals surface area contributed by atoms with Gasteiger partial charge in [-0.1, -0.05) is 12.1 Å². The molecule has 0 N–H and O–H groups in total. The summed E-state index contributed by atoms with van der Waals surface area (Å²) >= 11 is 3.00. The van der Waals surface area contributed by atoms with Crippen LogP contribution in [0.15, 0.2) is 40.6 Å². The number of piperazine rings is 1. The number of aromatic nitrogens is 1. The fourth-order valence-electron chi connectivity index (χ4n) is 3.34.